The molecule has 1 heterocycles. The van der Waals surface area contributed by atoms with Gasteiger partial charge in [-0.3, -0.25) is 4.79 Å². The van der Waals surface area contributed by atoms with Crippen molar-refractivity contribution in [2.75, 3.05) is 0 Å². The Kier molecular flexibility index (Phi) is 5.44. The van der Waals surface area contributed by atoms with E-state index in [1.165, 1.54) is 32.1 Å². The lowest BCUT2D eigenvalue weighted by Crippen LogP contribution is -2.55. The van der Waals surface area contributed by atoms with Gasteiger partial charge in [0.05, 0.1) is 16.4 Å². The van der Waals surface area contributed by atoms with Crippen LogP contribution in [0.3, 0.4) is 0 Å². The molecule has 4 bridgehead atoms. The zero-order chi connectivity index (χ0) is 22.7. The molecule has 4 aliphatic rings. The van der Waals surface area contributed by atoms with Crippen LogP contribution in [0.2, 0.25) is 15.1 Å². The Balaban J connectivity index is 1.35. The summed E-state index contributed by atoms with van der Waals surface area (Å²) in [7, 11) is 0. The van der Waals surface area contributed by atoms with Gasteiger partial charge in [0, 0.05) is 21.7 Å². The second kappa shape index (κ2) is 8.33. The summed E-state index contributed by atoms with van der Waals surface area (Å²) in [6.45, 7) is 0. The maximum Gasteiger partial charge on any atom is 0.272 e. The number of aromatic nitrogens is 2. The highest BCUT2D eigenvalue weighted by atomic mass is 35.5. The minimum atomic E-state index is -0.119. The molecule has 0 atom stereocenters. The largest absolute Gasteiger partial charge is 0.347 e. The zero-order valence-electron chi connectivity index (χ0n) is 18.0. The number of amides is 1. The molecule has 4 nitrogen and oxygen atoms in total. The molecule has 4 fully saturated rings. The van der Waals surface area contributed by atoms with Crippen LogP contribution in [0.25, 0.3) is 16.9 Å². The van der Waals surface area contributed by atoms with E-state index in [-0.39, 0.29) is 11.9 Å². The summed E-state index contributed by atoms with van der Waals surface area (Å²) in [5.74, 6) is 2.82. The zero-order valence-corrected chi connectivity index (χ0v) is 20.2. The van der Waals surface area contributed by atoms with Crippen LogP contribution in [0.1, 0.15) is 42.6 Å². The van der Waals surface area contributed by atoms with E-state index in [0.717, 1.165) is 23.1 Å². The summed E-state index contributed by atoms with van der Waals surface area (Å²) in [5.41, 5.74) is 2.72. The quantitative estimate of drug-likeness (QED) is 0.417. The van der Waals surface area contributed by atoms with E-state index >= 15 is 0 Å². The number of carbonyl (C=O) groups is 1. The summed E-state index contributed by atoms with van der Waals surface area (Å²) in [6, 6.07) is 14.8. The van der Waals surface area contributed by atoms with E-state index in [1.807, 2.05) is 36.4 Å². The first kappa shape index (κ1) is 21.5. The number of hydrogen-bond donors (Lipinski definition) is 1. The first-order chi connectivity index (χ1) is 15.9. The summed E-state index contributed by atoms with van der Waals surface area (Å²) >= 11 is 18.7. The molecule has 0 spiro atoms. The van der Waals surface area contributed by atoms with Gasteiger partial charge in [0.1, 0.15) is 0 Å². The average molecular weight is 501 g/mol. The highest BCUT2D eigenvalue weighted by molar-refractivity contribution is 6.35. The third kappa shape index (κ3) is 3.96. The summed E-state index contributed by atoms with van der Waals surface area (Å²) in [4.78, 5) is 13.4. The molecule has 7 heteroatoms. The normalized spacial score (nSPS) is 27.7. The molecule has 33 heavy (non-hydrogen) atoms. The molecule has 0 aliphatic heterocycles. The Bertz CT molecular complexity index is 1190. The number of nitrogens with zero attached hydrogens (tertiary/aromatic N) is 2. The van der Waals surface area contributed by atoms with Gasteiger partial charge in [-0.15, -0.1) is 0 Å². The second-order valence-electron chi connectivity index (χ2n) is 9.86. The summed E-state index contributed by atoms with van der Waals surface area (Å²) in [6.07, 6.45) is 6.40. The molecule has 3 aromatic rings. The van der Waals surface area contributed by atoms with E-state index < -0.39 is 0 Å². The fourth-order valence-electron chi connectivity index (χ4n) is 6.54. The summed E-state index contributed by atoms with van der Waals surface area (Å²) < 4.78 is 1.72. The molecule has 0 unspecified atom stereocenters. The topological polar surface area (TPSA) is 46.9 Å². The summed E-state index contributed by atoms with van der Waals surface area (Å²) in [5, 5.41) is 9.72. The Hall–Kier alpha value is -2.01. The number of rotatable bonds is 4. The van der Waals surface area contributed by atoms with Gasteiger partial charge in [0.2, 0.25) is 0 Å². The molecule has 0 radical (unpaired) electrons. The van der Waals surface area contributed by atoms with Gasteiger partial charge in [-0.2, -0.15) is 5.10 Å². The van der Waals surface area contributed by atoms with Gasteiger partial charge in [-0.05, 0) is 92.2 Å². The number of halogens is 3. The van der Waals surface area contributed by atoms with Crippen LogP contribution >= 0.6 is 34.8 Å². The number of benzene rings is 2. The van der Waals surface area contributed by atoms with Crippen molar-refractivity contribution in [1.82, 2.24) is 15.1 Å². The van der Waals surface area contributed by atoms with E-state index in [4.69, 9.17) is 39.9 Å². The monoisotopic (exact) mass is 499 g/mol. The van der Waals surface area contributed by atoms with Crippen molar-refractivity contribution in [3.63, 3.8) is 0 Å². The number of nitrogens with one attached hydrogen (secondary N) is 1. The van der Waals surface area contributed by atoms with Crippen molar-refractivity contribution in [3.05, 3.63) is 69.3 Å². The molecule has 2 aromatic carbocycles. The standard InChI is InChI=1S/C26H24Cl3N3O/c27-19-3-1-16(2-4-19)24-13-22(31-32(24)23-6-5-20(28)12-21(23)29)26(33)30-25-17-8-14-7-15(10-17)11-18(25)9-14/h1-6,12-15,17-18,25H,7-11H2,(H,30,33). The SMILES string of the molecule is O=C(NC1C2CC3CC(C2)CC1C3)c1cc(-c2ccc(Cl)cc2)n(-c2ccc(Cl)cc2Cl)n1. The van der Waals surface area contributed by atoms with Gasteiger partial charge in [-0.1, -0.05) is 46.9 Å². The van der Waals surface area contributed by atoms with Crippen LogP contribution in [0.15, 0.2) is 48.5 Å². The fourth-order valence-corrected chi connectivity index (χ4v) is 7.16. The van der Waals surface area contributed by atoms with Crippen LogP contribution in [-0.4, -0.2) is 21.7 Å². The third-order valence-corrected chi connectivity index (χ3v) is 8.53. The Morgan fingerprint density at radius 3 is 2.12 bits per heavy atom. The lowest BCUT2D eigenvalue weighted by molar-refractivity contribution is -0.0120. The first-order valence-corrected chi connectivity index (χ1v) is 12.7. The van der Waals surface area contributed by atoms with Gasteiger partial charge in [0.25, 0.3) is 5.91 Å². The lowest BCUT2D eigenvalue weighted by atomic mass is 9.54. The van der Waals surface area contributed by atoms with Crippen LogP contribution < -0.4 is 5.32 Å². The number of carbonyl (C=O) groups excluding carboxylic acids is 1. The minimum absolute atomic E-state index is 0.119. The van der Waals surface area contributed by atoms with Crippen LogP contribution in [0, 0.1) is 23.7 Å². The average Bonchev–Trinajstić information content (AvgIpc) is 3.21. The highest BCUT2D eigenvalue weighted by Gasteiger charge is 2.48. The van der Waals surface area contributed by atoms with Crippen LogP contribution in [0.4, 0.5) is 0 Å². The molecule has 1 amide bonds. The Morgan fingerprint density at radius 1 is 0.848 bits per heavy atom. The molecule has 4 aliphatic carbocycles. The molecular weight excluding hydrogens is 477 g/mol. The Morgan fingerprint density at radius 2 is 1.48 bits per heavy atom. The molecule has 1 aromatic heterocycles. The maximum atomic E-state index is 13.4. The number of hydrogen-bond acceptors (Lipinski definition) is 2. The molecule has 7 rings (SSSR count). The van der Waals surface area contributed by atoms with E-state index in [2.05, 4.69) is 5.32 Å². The fraction of sp³-hybridized carbons (Fsp3) is 0.385. The van der Waals surface area contributed by atoms with Gasteiger partial charge >= 0.3 is 0 Å². The van der Waals surface area contributed by atoms with Gasteiger partial charge in [-0.25, -0.2) is 4.68 Å². The molecule has 0 saturated heterocycles. The van der Waals surface area contributed by atoms with Gasteiger partial charge in [0.15, 0.2) is 5.69 Å². The third-order valence-electron chi connectivity index (χ3n) is 7.74. The maximum absolute atomic E-state index is 13.4. The minimum Gasteiger partial charge on any atom is -0.347 e. The van der Waals surface area contributed by atoms with Crippen molar-refractivity contribution in [3.8, 4) is 16.9 Å². The van der Waals surface area contributed by atoms with Crippen molar-refractivity contribution in [2.24, 2.45) is 23.7 Å². The van der Waals surface area contributed by atoms with Gasteiger partial charge < -0.3 is 5.32 Å². The predicted octanol–water partition coefficient (Wildman–Crippen LogP) is 7.05. The first-order valence-electron chi connectivity index (χ1n) is 11.6. The highest BCUT2D eigenvalue weighted by Crippen LogP contribution is 2.53. The van der Waals surface area contributed by atoms with Crippen LogP contribution in [0.5, 0.6) is 0 Å². The van der Waals surface area contributed by atoms with Crippen molar-refractivity contribution < 1.29 is 4.79 Å². The van der Waals surface area contributed by atoms with E-state index in [0.29, 0.717) is 38.3 Å². The second-order valence-corrected chi connectivity index (χ2v) is 11.1. The smallest absolute Gasteiger partial charge is 0.272 e. The molecular formula is C26H24Cl3N3O. The Labute approximate surface area is 208 Å². The van der Waals surface area contributed by atoms with E-state index in [1.54, 1.807) is 16.8 Å². The van der Waals surface area contributed by atoms with Crippen molar-refractivity contribution in [1.29, 1.82) is 0 Å². The molecule has 4 saturated carbocycles. The lowest BCUT2D eigenvalue weighted by Gasteiger charge is -2.54. The van der Waals surface area contributed by atoms with Crippen molar-refractivity contribution >= 4 is 40.7 Å². The van der Waals surface area contributed by atoms with Crippen molar-refractivity contribution in [2.45, 2.75) is 38.1 Å². The van der Waals surface area contributed by atoms with Crippen LogP contribution in [-0.2, 0) is 0 Å². The van der Waals surface area contributed by atoms with E-state index in [9.17, 15) is 4.79 Å². The predicted molar refractivity (Wildman–Crippen MR) is 132 cm³/mol. The molecule has 1 N–H and O–H groups in total. The molecule has 170 valence electrons.